The Bertz CT molecular complexity index is 1590. The lowest BCUT2D eigenvalue weighted by atomic mass is 9.96. The molecule has 0 aliphatic heterocycles. The molecular weight excluding hydrogens is 756 g/mol. The molecule has 0 bridgehead atoms. The number of benzene rings is 1. The number of nitrogens with two attached hydrogens (primary N) is 2. The number of amides is 7. The number of hydrogen-bond acceptors (Lipinski definition) is 10. The van der Waals surface area contributed by atoms with E-state index in [1.54, 1.807) is 58.0 Å². The van der Waals surface area contributed by atoms with Gasteiger partial charge in [0.15, 0.2) is 0 Å². The molecule has 0 spiro atoms. The smallest absolute Gasteiger partial charge is 0.326 e. The maximum absolute atomic E-state index is 13.8. The van der Waals surface area contributed by atoms with Gasteiger partial charge >= 0.3 is 11.9 Å². The Morgan fingerprint density at radius 3 is 1.67 bits per heavy atom. The summed E-state index contributed by atoms with van der Waals surface area (Å²) in [5, 5.41) is 34.2. The van der Waals surface area contributed by atoms with Crippen LogP contribution in [0.25, 0.3) is 0 Å². The monoisotopic (exact) mass is 818 g/mol. The highest BCUT2D eigenvalue weighted by Crippen LogP contribution is 2.13. The standard InChI is InChI=1S/C39H62N8O11/c1-8-22(6)32(38(56)45-27(18-20(2)3)37(55)46-31(21(4)5)39(57)58)47-33(51)23(7)42-36(54)28(19-24-12-10-9-11-13-24)44-35(53)26(15-17-30(49)50)43-34(52)25(40)14-16-29(41)48/h9-13,20-23,25-28,31-32H,8,14-19,40H2,1-7H3,(H2,41,48)(H,42,54)(H,43,52)(H,44,53)(H,45,56)(H,46,55)(H,47,51)(H,49,50)(H,57,58)/t22-,23-,25-,26-,27-,28-,31-,32-/m0/s1. The molecule has 19 nitrogen and oxygen atoms in total. The van der Waals surface area contributed by atoms with Crippen molar-refractivity contribution in [1.82, 2.24) is 31.9 Å². The van der Waals surface area contributed by atoms with Gasteiger partial charge in [-0.1, -0.05) is 78.3 Å². The Kier molecular flexibility index (Phi) is 21.7. The van der Waals surface area contributed by atoms with E-state index in [-0.39, 0.29) is 38.0 Å². The first-order valence-corrected chi connectivity index (χ1v) is 19.4. The maximum Gasteiger partial charge on any atom is 0.326 e. The van der Waals surface area contributed by atoms with E-state index >= 15 is 0 Å². The van der Waals surface area contributed by atoms with E-state index in [0.717, 1.165) is 0 Å². The first-order chi connectivity index (χ1) is 27.1. The highest BCUT2D eigenvalue weighted by atomic mass is 16.4. The first kappa shape index (κ1) is 50.4. The minimum Gasteiger partial charge on any atom is -0.481 e. The van der Waals surface area contributed by atoms with E-state index in [4.69, 9.17) is 11.5 Å². The summed E-state index contributed by atoms with van der Waals surface area (Å²) in [5.41, 5.74) is 11.6. The van der Waals surface area contributed by atoms with Crippen LogP contribution in [0.3, 0.4) is 0 Å². The van der Waals surface area contributed by atoms with Gasteiger partial charge in [0.05, 0.1) is 6.04 Å². The fourth-order valence-electron chi connectivity index (χ4n) is 5.67. The summed E-state index contributed by atoms with van der Waals surface area (Å²) < 4.78 is 0. The van der Waals surface area contributed by atoms with Gasteiger partial charge in [-0.25, -0.2) is 4.79 Å². The number of carboxylic acids is 2. The molecule has 1 rings (SSSR count). The van der Waals surface area contributed by atoms with Crippen LogP contribution in [0.15, 0.2) is 30.3 Å². The van der Waals surface area contributed by atoms with Crippen LogP contribution < -0.4 is 43.4 Å². The summed E-state index contributed by atoms with van der Waals surface area (Å²) in [6, 6.07) is -0.278. The summed E-state index contributed by atoms with van der Waals surface area (Å²) >= 11 is 0. The minimum atomic E-state index is -1.45. The van der Waals surface area contributed by atoms with E-state index in [1.165, 1.54) is 6.92 Å². The Hall–Kier alpha value is -5.59. The number of hydrogen-bond donors (Lipinski definition) is 10. The SMILES string of the molecule is CC[C@H](C)[C@H](NC(=O)[C@H](C)NC(=O)[C@H](Cc1ccccc1)NC(=O)[C@H](CCC(=O)O)NC(=O)[C@@H](N)CCC(N)=O)C(=O)N[C@@H](CC(C)C)C(=O)N[C@H](C(=O)O)C(C)C. The lowest BCUT2D eigenvalue weighted by Crippen LogP contribution is -2.60. The molecule has 0 aliphatic carbocycles. The van der Waals surface area contributed by atoms with Crippen molar-refractivity contribution in [3.63, 3.8) is 0 Å². The molecule has 8 atom stereocenters. The summed E-state index contributed by atoms with van der Waals surface area (Å²) in [4.78, 5) is 115. The van der Waals surface area contributed by atoms with Crippen LogP contribution in [0.2, 0.25) is 0 Å². The van der Waals surface area contributed by atoms with Crippen LogP contribution in [0.4, 0.5) is 0 Å². The zero-order valence-corrected chi connectivity index (χ0v) is 34.3. The molecule has 58 heavy (non-hydrogen) atoms. The Morgan fingerprint density at radius 1 is 0.621 bits per heavy atom. The molecule has 0 aliphatic rings. The molecule has 0 fully saturated rings. The average molecular weight is 819 g/mol. The number of aliphatic carboxylic acids is 2. The van der Waals surface area contributed by atoms with Crippen molar-refractivity contribution in [3.8, 4) is 0 Å². The van der Waals surface area contributed by atoms with E-state index in [1.807, 2.05) is 13.8 Å². The van der Waals surface area contributed by atoms with Crippen molar-refractivity contribution in [1.29, 1.82) is 0 Å². The molecule has 324 valence electrons. The van der Waals surface area contributed by atoms with Crippen LogP contribution in [0, 0.1) is 17.8 Å². The molecule has 1 aromatic carbocycles. The number of carbonyl (C=O) groups is 9. The first-order valence-electron chi connectivity index (χ1n) is 19.4. The van der Waals surface area contributed by atoms with Crippen molar-refractivity contribution >= 4 is 53.3 Å². The Morgan fingerprint density at radius 2 is 1.16 bits per heavy atom. The number of carbonyl (C=O) groups excluding carboxylic acids is 7. The lowest BCUT2D eigenvalue weighted by Gasteiger charge is -2.29. The summed E-state index contributed by atoms with van der Waals surface area (Å²) in [5.74, 6) is -8.91. The summed E-state index contributed by atoms with van der Waals surface area (Å²) in [6.45, 7) is 11.8. The summed E-state index contributed by atoms with van der Waals surface area (Å²) in [7, 11) is 0. The molecule has 12 N–H and O–H groups in total. The largest absolute Gasteiger partial charge is 0.481 e. The fourth-order valence-corrected chi connectivity index (χ4v) is 5.67. The zero-order valence-electron chi connectivity index (χ0n) is 34.3. The van der Waals surface area contributed by atoms with Crippen molar-refractivity contribution in [2.45, 2.75) is 136 Å². The highest BCUT2D eigenvalue weighted by Gasteiger charge is 2.35. The quantitative estimate of drug-likeness (QED) is 0.0563. The van der Waals surface area contributed by atoms with Gasteiger partial charge in [0.1, 0.15) is 36.3 Å². The van der Waals surface area contributed by atoms with Gasteiger partial charge in [0.25, 0.3) is 0 Å². The number of carboxylic acid groups (broad SMARTS) is 2. The number of primary amides is 1. The second-order valence-electron chi connectivity index (χ2n) is 15.2. The topological polar surface area (TPSA) is 318 Å². The molecular formula is C39H62N8O11. The predicted molar refractivity (Wildman–Crippen MR) is 212 cm³/mol. The third kappa shape index (κ3) is 18.1. The third-order valence-corrected chi connectivity index (χ3v) is 9.35. The van der Waals surface area contributed by atoms with Crippen molar-refractivity contribution in [2.24, 2.45) is 29.2 Å². The van der Waals surface area contributed by atoms with Gasteiger partial charge in [-0.15, -0.1) is 0 Å². The number of rotatable bonds is 26. The molecule has 1 aromatic rings. The lowest BCUT2D eigenvalue weighted by molar-refractivity contribution is -0.143. The minimum absolute atomic E-state index is 0.0795. The van der Waals surface area contributed by atoms with Gasteiger partial charge < -0.3 is 53.6 Å². The molecule has 0 radical (unpaired) electrons. The van der Waals surface area contributed by atoms with E-state index in [0.29, 0.717) is 12.0 Å². The van der Waals surface area contributed by atoms with Gasteiger partial charge in [-0.3, -0.25) is 38.4 Å². The average Bonchev–Trinajstić information content (AvgIpc) is 3.14. The summed E-state index contributed by atoms with van der Waals surface area (Å²) in [6.07, 6.45) is -0.728. The van der Waals surface area contributed by atoms with Crippen LogP contribution in [-0.2, 0) is 49.6 Å². The van der Waals surface area contributed by atoms with Crippen LogP contribution in [0.1, 0.15) is 92.6 Å². The Balaban J connectivity index is 3.28. The van der Waals surface area contributed by atoms with Gasteiger partial charge in [0.2, 0.25) is 41.4 Å². The second kappa shape index (κ2) is 24.9. The van der Waals surface area contributed by atoms with E-state index < -0.39 is 114 Å². The van der Waals surface area contributed by atoms with Crippen LogP contribution in [-0.4, -0.2) is 106 Å². The van der Waals surface area contributed by atoms with E-state index in [2.05, 4.69) is 31.9 Å². The van der Waals surface area contributed by atoms with Crippen molar-refractivity contribution < 1.29 is 53.4 Å². The molecule has 0 aromatic heterocycles. The predicted octanol–water partition coefficient (Wildman–Crippen LogP) is -0.552. The Labute approximate surface area is 338 Å². The van der Waals surface area contributed by atoms with Crippen molar-refractivity contribution in [3.05, 3.63) is 35.9 Å². The molecule has 19 heteroatoms. The van der Waals surface area contributed by atoms with E-state index in [9.17, 15) is 53.4 Å². The van der Waals surface area contributed by atoms with Gasteiger partial charge in [-0.05, 0) is 49.5 Å². The van der Waals surface area contributed by atoms with Gasteiger partial charge in [-0.2, -0.15) is 0 Å². The molecule has 0 saturated heterocycles. The highest BCUT2D eigenvalue weighted by molar-refractivity contribution is 5.97. The van der Waals surface area contributed by atoms with Crippen LogP contribution in [0.5, 0.6) is 0 Å². The maximum atomic E-state index is 13.8. The number of nitrogens with one attached hydrogen (secondary N) is 6. The zero-order chi connectivity index (χ0) is 44.3. The molecule has 0 heterocycles. The van der Waals surface area contributed by atoms with Crippen LogP contribution >= 0.6 is 0 Å². The normalized spacial score (nSPS) is 15.3. The molecule has 7 amide bonds. The third-order valence-electron chi connectivity index (χ3n) is 9.35. The van der Waals surface area contributed by atoms with Crippen molar-refractivity contribution in [2.75, 3.05) is 0 Å². The van der Waals surface area contributed by atoms with Gasteiger partial charge in [0, 0.05) is 19.3 Å². The fraction of sp³-hybridized carbons (Fsp3) is 0.615. The second-order valence-corrected chi connectivity index (χ2v) is 15.2. The molecule has 0 saturated carbocycles. The molecule has 0 unspecified atom stereocenters.